The molecule has 0 aromatic heterocycles. The van der Waals surface area contributed by atoms with Crippen molar-refractivity contribution in [2.24, 2.45) is 0 Å². The average molecular weight is 271 g/mol. The number of benzene rings is 1. The molecule has 0 atom stereocenters. The molecule has 76 valence electrons. The van der Waals surface area contributed by atoms with Crippen molar-refractivity contribution in [3.63, 3.8) is 0 Å². The Labute approximate surface area is 85.8 Å². The molecular weight excluding hydrogens is 267 g/mol. The van der Waals surface area contributed by atoms with Crippen molar-refractivity contribution in [2.45, 2.75) is 0 Å². The molecule has 0 saturated carbocycles. The largest absolute Gasteiger partial charge is 0.673 e. The summed E-state index contributed by atoms with van der Waals surface area (Å²) in [4.78, 5) is 2.99. The molecule has 2 nitrogen and oxygen atoms in total. The fourth-order valence-electron chi connectivity index (χ4n) is 0.508. The van der Waals surface area contributed by atoms with E-state index in [-0.39, 0.29) is 0 Å². The van der Waals surface area contributed by atoms with Gasteiger partial charge in [-0.2, -0.15) is 0 Å². The third-order valence-corrected chi connectivity index (χ3v) is 1.47. The smallest absolute Gasteiger partial charge is 0.418 e. The van der Waals surface area contributed by atoms with E-state index < -0.39 is 7.25 Å². The number of rotatable bonds is 0. The van der Waals surface area contributed by atoms with E-state index in [9.17, 15) is 17.3 Å². The Bertz CT molecular complexity index is 312. The standard InChI is InChI=1S/C6H4BrN2.BF4/c7-5-1-3-6(9-8)4-2-5;2-1(3,4)5/h1-4H;/q+1;-1. The number of hydrogen-bond acceptors (Lipinski definition) is 1. The molecule has 0 amide bonds. The molecule has 0 bridgehead atoms. The fraction of sp³-hybridized carbons (Fsp3) is 0. The zero-order valence-electron chi connectivity index (χ0n) is 6.67. The maximum absolute atomic E-state index is 9.75. The predicted molar refractivity (Wildman–Crippen MR) is 49.1 cm³/mol. The minimum absolute atomic E-state index is 0.568. The number of hydrogen-bond donors (Lipinski definition) is 0. The number of nitrogens with zero attached hydrogens (tertiary/aromatic N) is 2. The van der Waals surface area contributed by atoms with Gasteiger partial charge in [0, 0.05) is 16.6 Å². The highest BCUT2D eigenvalue weighted by atomic mass is 79.9. The molecule has 0 N–H and O–H groups in total. The Morgan fingerprint density at radius 1 is 1.07 bits per heavy atom. The summed E-state index contributed by atoms with van der Waals surface area (Å²) in [6.07, 6.45) is 0. The van der Waals surface area contributed by atoms with Crippen molar-refractivity contribution in [2.75, 3.05) is 0 Å². The molecule has 0 radical (unpaired) electrons. The first kappa shape index (κ1) is 12.9. The van der Waals surface area contributed by atoms with E-state index in [1.54, 1.807) is 12.1 Å². The summed E-state index contributed by atoms with van der Waals surface area (Å²) in [7, 11) is -6.00. The van der Waals surface area contributed by atoms with Gasteiger partial charge in [0.25, 0.3) is 0 Å². The minimum Gasteiger partial charge on any atom is -0.418 e. The molecule has 0 heterocycles. The van der Waals surface area contributed by atoms with Crippen molar-refractivity contribution in [3.05, 3.63) is 33.7 Å². The van der Waals surface area contributed by atoms with Crippen molar-refractivity contribution < 1.29 is 17.3 Å². The molecule has 14 heavy (non-hydrogen) atoms. The first-order valence-electron chi connectivity index (χ1n) is 3.31. The van der Waals surface area contributed by atoms with Gasteiger partial charge in [-0.25, -0.2) is 0 Å². The van der Waals surface area contributed by atoms with Crippen LogP contribution in [-0.2, 0) is 0 Å². The topological polar surface area (TPSA) is 28.1 Å². The normalized spacial score (nSPS) is 9.71. The third-order valence-electron chi connectivity index (χ3n) is 0.942. The summed E-state index contributed by atoms with van der Waals surface area (Å²) in [5.74, 6) is 0. The molecular formula is C6H4BBrF4N2. The van der Waals surface area contributed by atoms with Crippen LogP contribution in [0, 0.1) is 5.39 Å². The summed E-state index contributed by atoms with van der Waals surface area (Å²) >= 11 is 3.25. The van der Waals surface area contributed by atoms with Crippen molar-refractivity contribution >= 4 is 28.9 Å². The van der Waals surface area contributed by atoms with Crippen LogP contribution in [0.1, 0.15) is 0 Å². The zero-order chi connectivity index (χ0) is 11.2. The van der Waals surface area contributed by atoms with E-state index in [2.05, 4.69) is 20.9 Å². The molecule has 1 aromatic rings. The second-order valence-corrected chi connectivity index (χ2v) is 2.99. The highest BCUT2D eigenvalue weighted by molar-refractivity contribution is 9.10. The van der Waals surface area contributed by atoms with Gasteiger partial charge >= 0.3 is 12.9 Å². The fourth-order valence-corrected chi connectivity index (χ4v) is 0.772. The van der Waals surface area contributed by atoms with Crippen LogP contribution >= 0.6 is 15.9 Å². The molecule has 0 aliphatic carbocycles. The molecule has 0 spiro atoms. The van der Waals surface area contributed by atoms with Gasteiger partial charge in [-0.15, -0.1) is 0 Å². The van der Waals surface area contributed by atoms with Gasteiger partial charge in [0.15, 0.2) is 4.98 Å². The molecule has 1 aromatic carbocycles. The summed E-state index contributed by atoms with van der Waals surface area (Å²) in [5, 5.41) is 8.24. The van der Waals surface area contributed by atoms with Gasteiger partial charge in [-0.3, -0.25) is 0 Å². The number of diazo groups is 1. The average Bonchev–Trinajstić information content (AvgIpc) is 2.03. The van der Waals surface area contributed by atoms with Crippen LogP contribution in [-0.4, -0.2) is 7.25 Å². The highest BCUT2D eigenvalue weighted by Gasteiger charge is 2.20. The van der Waals surface area contributed by atoms with Gasteiger partial charge in [0.05, 0.1) is 0 Å². The maximum Gasteiger partial charge on any atom is 0.673 e. The Balaban J connectivity index is 0.000000292. The molecule has 0 saturated heterocycles. The van der Waals surface area contributed by atoms with Gasteiger partial charge in [-0.1, -0.05) is 15.9 Å². The van der Waals surface area contributed by atoms with Crippen molar-refractivity contribution in [3.8, 4) is 0 Å². The Morgan fingerprint density at radius 3 is 1.71 bits per heavy atom. The summed E-state index contributed by atoms with van der Waals surface area (Å²) < 4.78 is 40.0. The highest BCUT2D eigenvalue weighted by Crippen LogP contribution is 2.15. The van der Waals surface area contributed by atoms with E-state index in [4.69, 9.17) is 5.39 Å². The lowest BCUT2D eigenvalue weighted by molar-refractivity contribution is 0.368. The van der Waals surface area contributed by atoms with E-state index in [0.29, 0.717) is 5.69 Å². The van der Waals surface area contributed by atoms with E-state index in [1.165, 1.54) is 0 Å². The van der Waals surface area contributed by atoms with Crippen LogP contribution < -0.4 is 0 Å². The van der Waals surface area contributed by atoms with Crippen LogP contribution in [0.5, 0.6) is 0 Å². The van der Waals surface area contributed by atoms with Gasteiger partial charge in [-0.05, 0) is 12.1 Å². The second kappa shape index (κ2) is 5.60. The lowest BCUT2D eigenvalue weighted by Gasteiger charge is -1.94. The lowest BCUT2D eigenvalue weighted by Crippen LogP contribution is -2.02. The van der Waals surface area contributed by atoms with Crippen LogP contribution in [0.3, 0.4) is 0 Å². The van der Waals surface area contributed by atoms with Crippen LogP contribution in [0.4, 0.5) is 23.0 Å². The predicted octanol–water partition coefficient (Wildman–Crippen LogP) is 4.23. The van der Waals surface area contributed by atoms with Gasteiger partial charge in [0.1, 0.15) is 0 Å². The van der Waals surface area contributed by atoms with Gasteiger partial charge in [0.2, 0.25) is 5.39 Å². The Kier molecular flexibility index (Phi) is 5.16. The first-order valence-corrected chi connectivity index (χ1v) is 4.10. The molecule has 1 rings (SSSR count). The molecule has 0 aliphatic heterocycles. The van der Waals surface area contributed by atoms with Crippen molar-refractivity contribution in [1.29, 1.82) is 5.39 Å². The number of halogens is 5. The molecule has 0 unspecified atom stereocenters. The quantitative estimate of drug-likeness (QED) is 0.394. The molecule has 0 fully saturated rings. The monoisotopic (exact) mass is 270 g/mol. The lowest BCUT2D eigenvalue weighted by atomic mass is 10.3. The molecule has 0 aliphatic rings. The van der Waals surface area contributed by atoms with E-state index in [1.807, 2.05) is 12.1 Å². The van der Waals surface area contributed by atoms with Crippen molar-refractivity contribution in [1.82, 2.24) is 0 Å². The summed E-state index contributed by atoms with van der Waals surface area (Å²) in [5.41, 5.74) is 0.568. The van der Waals surface area contributed by atoms with Crippen LogP contribution in [0.2, 0.25) is 0 Å². The molecule has 8 heteroatoms. The Hall–Kier alpha value is -1.10. The maximum atomic E-state index is 9.75. The van der Waals surface area contributed by atoms with Crippen LogP contribution in [0.25, 0.3) is 4.98 Å². The Morgan fingerprint density at radius 2 is 1.43 bits per heavy atom. The van der Waals surface area contributed by atoms with Crippen LogP contribution in [0.15, 0.2) is 28.7 Å². The van der Waals surface area contributed by atoms with Gasteiger partial charge < -0.3 is 17.3 Å². The third kappa shape index (κ3) is 9.00. The van der Waals surface area contributed by atoms with E-state index >= 15 is 0 Å². The SMILES string of the molecule is F[B-](F)(F)F.N#[N+]c1ccc(Br)cc1. The summed E-state index contributed by atoms with van der Waals surface area (Å²) in [6.45, 7) is 0. The zero-order valence-corrected chi connectivity index (χ0v) is 8.26. The minimum atomic E-state index is -6.00. The second-order valence-electron chi connectivity index (χ2n) is 2.07. The summed E-state index contributed by atoms with van der Waals surface area (Å²) in [6, 6.07) is 7.05. The van der Waals surface area contributed by atoms with E-state index in [0.717, 1.165) is 4.47 Å². The first-order chi connectivity index (χ1) is 6.33.